The minimum Gasteiger partial charge on any atom is -0.493 e. The largest absolute Gasteiger partial charge is 0.493 e. The second-order valence-electron chi connectivity index (χ2n) is 9.68. The quantitative estimate of drug-likeness (QED) is 0.551. The van der Waals surface area contributed by atoms with Gasteiger partial charge in [-0.2, -0.15) is 0 Å². The van der Waals surface area contributed by atoms with Crippen LogP contribution in [0.2, 0.25) is 0 Å². The number of hydrogen-bond donors (Lipinski definition) is 2. The lowest BCUT2D eigenvalue weighted by Crippen LogP contribution is -2.48. The Morgan fingerprint density at radius 3 is 2.77 bits per heavy atom. The van der Waals surface area contributed by atoms with E-state index in [4.69, 9.17) is 4.74 Å². The van der Waals surface area contributed by atoms with E-state index in [1.54, 1.807) is 0 Å². The van der Waals surface area contributed by atoms with Gasteiger partial charge < -0.3 is 10.1 Å². The van der Waals surface area contributed by atoms with Crippen LogP contribution in [-0.2, 0) is 11.2 Å². The summed E-state index contributed by atoms with van der Waals surface area (Å²) in [7, 11) is 0. The van der Waals surface area contributed by atoms with E-state index < -0.39 is 0 Å². The van der Waals surface area contributed by atoms with Gasteiger partial charge in [-0.1, -0.05) is 33.4 Å². The highest BCUT2D eigenvalue weighted by Crippen LogP contribution is 2.31. The Balaban J connectivity index is 0.000000223. The lowest BCUT2D eigenvalue weighted by Gasteiger charge is -2.29. The predicted molar refractivity (Wildman–Crippen MR) is 141 cm³/mol. The molecular formula is C27H36N4O3S. The second kappa shape index (κ2) is 11.2. The average Bonchev–Trinajstić information content (AvgIpc) is 3.43. The maximum absolute atomic E-state index is 11.6. The average molecular weight is 497 g/mol. The smallest absolute Gasteiger partial charge is 0.264 e. The highest BCUT2D eigenvalue weighted by molar-refractivity contribution is 7.13. The van der Waals surface area contributed by atoms with Crippen molar-refractivity contribution >= 4 is 28.7 Å². The Morgan fingerprint density at radius 1 is 1.37 bits per heavy atom. The van der Waals surface area contributed by atoms with Gasteiger partial charge in [-0.15, -0.1) is 11.3 Å². The van der Waals surface area contributed by atoms with Crippen molar-refractivity contribution in [1.82, 2.24) is 20.7 Å². The molecule has 2 aliphatic rings. The zero-order chi connectivity index (χ0) is 25.8. The third-order valence-electron chi connectivity index (χ3n) is 5.67. The van der Waals surface area contributed by atoms with E-state index in [1.807, 2.05) is 39.1 Å². The van der Waals surface area contributed by atoms with Crippen molar-refractivity contribution in [2.75, 3.05) is 13.2 Å². The standard InChI is InChI=1S/C18H24N2O2.C9H12N2OS/c1-5-9-22-17-8-7-14(10-16(17)13(3)4)15-11-19-20(12-15)18(21)6-2;1-5-10-6-4-9(2,3)11-8(12)7(6)13-5/h6-8,10,12-13,19H,2,5,9,11H2,1,3-4H3;4H2,1-3H3,(H,11,12). The van der Waals surface area contributed by atoms with Crippen molar-refractivity contribution in [2.24, 2.45) is 0 Å². The van der Waals surface area contributed by atoms with Crippen LogP contribution in [0.4, 0.5) is 0 Å². The maximum atomic E-state index is 11.6. The van der Waals surface area contributed by atoms with Crippen LogP contribution in [0.3, 0.4) is 0 Å². The van der Waals surface area contributed by atoms with Gasteiger partial charge in [0.25, 0.3) is 11.8 Å². The second-order valence-corrected chi connectivity index (χ2v) is 10.9. The molecule has 4 rings (SSSR count). The van der Waals surface area contributed by atoms with Crippen LogP contribution in [0.25, 0.3) is 5.57 Å². The fraction of sp³-hybridized carbons (Fsp3) is 0.444. The summed E-state index contributed by atoms with van der Waals surface area (Å²) >= 11 is 1.48. The van der Waals surface area contributed by atoms with Crippen molar-refractivity contribution in [1.29, 1.82) is 0 Å². The first kappa shape index (κ1) is 26.6. The first-order valence-corrected chi connectivity index (χ1v) is 12.8. The highest BCUT2D eigenvalue weighted by Gasteiger charge is 2.32. The number of aryl methyl sites for hydroxylation is 1. The van der Waals surface area contributed by atoms with Crippen molar-refractivity contribution in [3.63, 3.8) is 0 Å². The first-order chi connectivity index (χ1) is 16.5. The molecule has 0 radical (unpaired) electrons. The summed E-state index contributed by atoms with van der Waals surface area (Å²) in [6.07, 6.45) is 4.95. The molecule has 3 heterocycles. The van der Waals surface area contributed by atoms with Crippen molar-refractivity contribution < 1.29 is 14.3 Å². The van der Waals surface area contributed by atoms with Crippen LogP contribution in [0.5, 0.6) is 5.75 Å². The summed E-state index contributed by atoms with van der Waals surface area (Å²) in [6, 6.07) is 6.23. The minimum absolute atomic E-state index is 0.0249. The van der Waals surface area contributed by atoms with Crippen molar-refractivity contribution in [2.45, 2.75) is 65.8 Å². The van der Waals surface area contributed by atoms with Gasteiger partial charge in [-0.05, 0) is 68.0 Å². The summed E-state index contributed by atoms with van der Waals surface area (Å²) in [5.41, 5.74) is 7.24. The molecule has 0 saturated heterocycles. The predicted octanol–water partition coefficient (Wildman–Crippen LogP) is 4.99. The van der Waals surface area contributed by atoms with E-state index in [2.05, 4.69) is 49.1 Å². The molecule has 2 aromatic rings. The lowest BCUT2D eigenvalue weighted by molar-refractivity contribution is -0.125. The van der Waals surface area contributed by atoms with E-state index in [9.17, 15) is 9.59 Å². The number of aromatic nitrogens is 1. The molecule has 2 N–H and O–H groups in total. The number of hydrazine groups is 1. The molecule has 0 fully saturated rings. The maximum Gasteiger partial charge on any atom is 0.264 e. The van der Waals surface area contributed by atoms with Gasteiger partial charge in [-0.25, -0.2) is 15.4 Å². The van der Waals surface area contributed by atoms with Gasteiger partial charge in [0, 0.05) is 24.7 Å². The van der Waals surface area contributed by atoms with E-state index in [0.29, 0.717) is 12.5 Å². The molecule has 1 aromatic carbocycles. The van der Waals surface area contributed by atoms with Crippen LogP contribution in [0.15, 0.2) is 37.1 Å². The molecule has 0 spiro atoms. The zero-order valence-electron chi connectivity index (χ0n) is 21.5. The Morgan fingerprint density at radius 2 is 2.11 bits per heavy atom. The van der Waals surface area contributed by atoms with Crippen LogP contribution in [0.1, 0.15) is 78.5 Å². The molecule has 0 bridgehead atoms. The third kappa shape index (κ3) is 6.58. The Labute approximate surface area is 212 Å². The molecule has 8 heteroatoms. The number of carbonyl (C=O) groups is 2. The summed E-state index contributed by atoms with van der Waals surface area (Å²) in [6.45, 7) is 17.2. The fourth-order valence-electron chi connectivity index (χ4n) is 3.97. The van der Waals surface area contributed by atoms with Gasteiger partial charge in [-0.3, -0.25) is 9.59 Å². The molecule has 0 unspecified atom stereocenters. The Bertz CT molecular complexity index is 1130. The first-order valence-electron chi connectivity index (χ1n) is 12.0. The Kier molecular flexibility index (Phi) is 8.51. The van der Waals surface area contributed by atoms with Gasteiger partial charge in [0.2, 0.25) is 0 Å². The van der Waals surface area contributed by atoms with Gasteiger partial charge >= 0.3 is 0 Å². The highest BCUT2D eigenvalue weighted by atomic mass is 32.1. The summed E-state index contributed by atoms with van der Waals surface area (Å²) in [4.78, 5) is 28.3. The van der Waals surface area contributed by atoms with Gasteiger partial charge in [0.15, 0.2) is 0 Å². The summed E-state index contributed by atoms with van der Waals surface area (Å²) in [5.74, 6) is 1.21. The van der Waals surface area contributed by atoms with E-state index in [0.717, 1.165) is 51.9 Å². The monoisotopic (exact) mass is 496 g/mol. The van der Waals surface area contributed by atoms with Gasteiger partial charge in [0.1, 0.15) is 10.6 Å². The van der Waals surface area contributed by atoms with Gasteiger partial charge in [0.05, 0.1) is 17.3 Å². The Hall–Kier alpha value is -2.97. The number of nitrogens with one attached hydrogen (secondary N) is 2. The molecule has 0 saturated carbocycles. The number of nitrogens with zero attached hydrogens (tertiary/aromatic N) is 2. The van der Waals surface area contributed by atoms with Crippen molar-refractivity contribution in [3.05, 3.63) is 63.8 Å². The SMILES string of the molecule is C=CC(=O)N1C=C(c2ccc(OCCC)c(C(C)C)c2)CN1.Cc1nc2c(s1)C(=O)NC(C)(C)C2. The van der Waals surface area contributed by atoms with E-state index >= 15 is 0 Å². The number of amides is 2. The molecule has 2 amide bonds. The number of thiazole rings is 1. The number of ether oxygens (including phenoxy) is 1. The molecule has 35 heavy (non-hydrogen) atoms. The van der Waals surface area contributed by atoms with Crippen LogP contribution in [-0.4, -0.2) is 40.5 Å². The fourth-order valence-corrected chi connectivity index (χ4v) is 4.80. The zero-order valence-corrected chi connectivity index (χ0v) is 22.3. The summed E-state index contributed by atoms with van der Waals surface area (Å²) < 4.78 is 5.83. The summed E-state index contributed by atoms with van der Waals surface area (Å²) in [5, 5.41) is 5.40. The molecule has 1 aromatic heterocycles. The minimum atomic E-state index is -0.151. The lowest BCUT2D eigenvalue weighted by atomic mass is 9.94. The molecular weight excluding hydrogens is 460 g/mol. The number of carbonyl (C=O) groups excluding carboxylic acids is 2. The third-order valence-corrected chi connectivity index (χ3v) is 6.68. The number of rotatable bonds is 6. The molecule has 7 nitrogen and oxygen atoms in total. The number of hydrogen-bond acceptors (Lipinski definition) is 6. The molecule has 0 atom stereocenters. The van der Waals surface area contributed by atoms with Crippen molar-refractivity contribution in [3.8, 4) is 5.75 Å². The molecule has 188 valence electrons. The number of benzene rings is 1. The van der Waals surface area contributed by atoms with E-state index in [-0.39, 0.29) is 17.4 Å². The van der Waals surface area contributed by atoms with Crippen LogP contribution in [0, 0.1) is 6.92 Å². The normalized spacial score (nSPS) is 16.1. The topological polar surface area (TPSA) is 83.6 Å². The van der Waals surface area contributed by atoms with E-state index in [1.165, 1.54) is 28.0 Å². The van der Waals surface area contributed by atoms with Crippen LogP contribution < -0.4 is 15.5 Å². The molecule has 2 aliphatic heterocycles. The van der Waals surface area contributed by atoms with Crippen LogP contribution >= 0.6 is 11.3 Å². The number of fused-ring (bicyclic) bond motifs is 1. The molecule has 0 aliphatic carbocycles.